The van der Waals surface area contributed by atoms with Gasteiger partial charge < -0.3 is 9.80 Å². The lowest BCUT2D eigenvalue weighted by Gasteiger charge is -2.59. The van der Waals surface area contributed by atoms with E-state index in [1.807, 2.05) is 12.3 Å². The molecule has 152 valence electrons. The van der Waals surface area contributed by atoms with E-state index in [0.717, 1.165) is 18.7 Å². The minimum atomic E-state index is -0.130. The van der Waals surface area contributed by atoms with Crippen LogP contribution in [-0.2, 0) is 5.41 Å². The molecule has 0 saturated heterocycles. The summed E-state index contributed by atoms with van der Waals surface area (Å²) in [6.07, 6.45) is 6.27. The highest BCUT2D eigenvalue weighted by atomic mass is 15.5. The summed E-state index contributed by atoms with van der Waals surface area (Å²) in [7, 11) is 0. The molecule has 3 aromatic rings. The average molecular weight is 396 g/mol. The molecule has 5 rings (SSSR count). The third kappa shape index (κ3) is 2.18. The molecule has 2 aliphatic heterocycles. The smallest absolute Gasteiger partial charge is 0.158 e. The molecule has 3 atom stereocenters. The number of nitrogens with zero attached hydrogens (tertiary/aromatic N) is 3. The van der Waals surface area contributed by atoms with E-state index >= 15 is 0 Å². The first-order valence-electron chi connectivity index (χ1n) is 10.9. The minimum Gasteiger partial charge on any atom is -0.316 e. The molecule has 2 aromatic carbocycles. The van der Waals surface area contributed by atoms with E-state index in [2.05, 4.69) is 104 Å². The molecule has 3 unspecified atom stereocenters. The van der Waals surface area contributed by atoms with Crippen LogP contribution in [0, 0.1) is 5.41 Å². The molecule has 0 aliphatic carbocycles. The van der Waals surface area contributed by atoms with E-state index in [-0.39, 0.29) is 17.0 Å². The summed E-state index contributed by atoms with van der Waals surface area (Å²) in [6, 6.07) is 23.8. The number of para-hydroxylation sites is 2. The first-order chi connectivity index (χ1) is 14.6. The van der Waals surface area contributed by atoms with Crippen LogP contribution in [-0.4, -0.2) is 11.1 Å². The molecule has 0 amide bonds. The quantitative estimate of drug-likeness (QED) is 0.445. The highest BCUT2D eigenvalue weighted by molar-refractivity contribution is 5.89. The molecule has 0 fully saturated rings. The molecule has 3 heteroatoms. The van der Waals surface area contributed by atoms with Crippen LogP contribution < -0.4 is 9.80 Å². The van der Waals surface area contributed by atoms with Crippen LogP contribution in [0.3, 0.4) is 0 Å². The number of aromatic nitrogens is 1. The van der Waals surface area contributed by atoms with Crippen LogP contribution in [0.1, 0.15) is 39.2 Å². The van der Waals surface area contributed by atoms with Crippen molar-refractivity contribution in [2.75, 3.05) is 9.80 Å². The highest BCUT2D eigenvalue weighted by Crippen LogP contribution is 2.64. The van der Waals surface area contributed by atoms with Gasteiger partial charge in [0.1, 0.15) is 6.17 Å². The fourth-order valence-electron chi connectivity index (χ4n) is 5.99. The van der Waals surface area contributed by atoms with Crippen molar-refractivity contribution in [1.29, 1.82) is 0 Å². The molecule has 3 nitrogen and oxygen atoms in total. The average Bonchev–Trinajstić information content (AvgIpc) is 3.16. The number of allylic oxidation sites excluding steroid dienone is 1. The summed E-state index contributed by atoms with van der Waals surface area (Å²) in [5.41, 5.74) is 4.76. The van der Waals surface area contributed by atoms with Crippen molar-refractivity contribution < 1.29 is 0 Å². The predicted octanol–water partition coefficient (Wildman–Crippen LogP) is 6.96. The summed E-state index contributed by atoms with van der Waals surface area (Å²) >= 11 is 0. The number of fused-ring (bicyclic) bond motifs is 5. The third-order valence-electron chi connectivity index (χ3n) is 7.65. The van der Waals surface area contributed by atoms with E-state index < -0.39 is 0 Å². The lowest BCUT2D eigenvalue weighted by Crippen LogP contribution is -2.62. The van der Waals surface area contributed by atoms with Gasteiger partial charge in [-0.2, -0.15) is 0 Å². The normalized spacial score (nSPS) is 26.7. The predicted molar refractivity (Wildman–Crippen MR) is 126 cm³/mol. The summed E-state index contributed by atoms with van der Waals surface area (Å²) in [6.45, 7) is 11.4. The first kappa shape index (κ1) is 18.9. The number of rotatable bonds is 4. The zero-order valence-corrected chi connectivity index (χ0v) is 18.0. The summed E-state index contributed by atoms with van der Waals surface area (Å²) < 4.78 is 0. The van der Waals surface area contributed by atoms with Crippen molar-refractivity contribution in [3.05, 3.63) is 91.1 Å². The van der Waals surface area contributed by atoms with E-state index in [1.54, 1.807) is 0 Å². The topological polar surface area (TPSA) is 19.4 Å². The Morgan fingerprint density at radius 1 is 0.900 bits per heavy atom. The maximum atomic E-state index is 4.88. The molecule has 0 radical (unpaired) electrons. The molecule has 1 aromatic heterocycles. The van der Waals surface area contributed by atoms with Gasteiger partial charge in [-0.15, -0.1) is 6.58 Å². The standard InChI is InChI=1S/C27H29N3/c1-5-26(4)25-29(20-14-9-8-10-15-20)23-18-13-19-28-24(23)30(25)22-17-12-11-16-21(22)27(26,6-2)7-3/h6,8-19,25H,2,5,7H2,1,3-4H3. The Morgan fingerprint density at radius 2 is 1.60 bits per heavy atom. The SMILES string of the molecule is C=CC1(CC)c2ccccc2N2c3ncccc3N(c3ccccc3)C2C1(C)CC. The van der Waals surface area contributed by atoms with E-state index in [1.165, 1.54) is 22.6 Å². The lowest BCUT2D eigenvalue weighted by molar-refractivity contribution is 0.120. The van der Waals surface area contributed by atoms with Gasteiger partial charge >= 0.3 is 0 Å². The van der Waals surface area contributed by atoms with Gasteiger partial charge in [0.2, 0.25) is 0 Å². The number of pyridine rings is 1. The lowest BCUT2D eigenvalue weighted by atomic mass is 9.54. The van der Waals surface area contributed by atoms with Gasteiger partial charge in [0.15, 0.2) is 5.82 Å². The van der Waals surface area contributed by atoms with Gasteiger partial charge in [0.25, 0.3) is 0 Å². The number of benzene rings is 2. The van der Waals surface area contributed by atoms with E-state index in [0.29, 0.717) is 0 Å². The maximum absolute atomic E-state index is 4.88. The van der Waals surface area contributed by atoms with Crippen LogP contribution >= 0.6 is 0 Å². The Kier molecular flexibility index (Phi) is 4.25. The van der Waals surface area contributed by atoms with Gasteiger partial charge in [-0.25, -0.2) is 4.98 Å². The zero-order valence-electron chi connectivity index (χ0n) is 18.0. The van der Waals surface area contributed by atoms with Crippen molar-refractivity contribution in [3.8, 4) is 0 Å². The van der Waals surface area contributed by atoms with Gasteiger partial charge in [-0.1, -0.05) is 63.2 Å². The first-order valence-corrected chi connectivity index (χ1v) is 10.9. The Balaban J connectivity index is 1.88. The van der Waals surface area contributed by atoms with Crippen LogP contribution in [0.4, 0.5) is 22.9 Å². The van der Waals surface area contributed by atoms with Gasteiger partial charge in [0, 0.05) is 28.4 Å². The fraction of sp³-hybridized carbons (Fsp3) is 0.296. The summed E-state index contributed by atoms with van der Waals surface area (Å²) in [4.78, 5) is 9.84. The molecule has 0 N–H and O–H groups in total. The summed E-state index contributed by atoms with van der Waals surface area (Å²) in [5, 5.41) is 0. The minimum absolute atomic E-state index is 0.0750. The number of hydrogen-bond acceptors (Lipinski definition) is 3. The van der Waals surface area contributed by atoms with Crippen molar-refractivity contribution in [3.63, 3.8) is 0 Å². The molecule has 0 saturated carbocycles. The maximum Gasteiger partial charge on any atom is 0.158 e. The highest BCUT2D eigenvalue weighted by Gasteiger charge is 2.61. The Labute approximate surface area is 179 Å². The molecular weight excluding hydrogens is 366 g/mol. The monoisotopic (exact) mass is 395 g/mol. The zero-order chi connectivity index (χ0) is 20.9. The largest absolute Gasteiger partial charge is 0.316 e. The Morgan fingerprint density at radius 3 is 2.30 bits per heavy atom. The third-order valence-corrected chi connectivity index (χ3v) is 7.65. The molecule has 30 heavy (non-hydrogen) atoms. The van der Waals surface area contributed by atoms with E-state index in [9.17, 15) is 0 Å². The molecule has 3 heterocycles. The van der Waals surface area contributed by atoms with Crippen molar-refractivity contribution in [2.24, 2.45) is 5.41 Å². The number of hydrogen-bond donors (Lipinski definition) is 0. The van der Waals surface area contributed by atoms with Gasteiger partial charge in [0.05, 0.1) is 5.69 Å². The number of anilines is 4. The molecule has 2 aliphatic rings. The van der Waals surface area contributed by atoms with Crippen molar-refractivity contribution >= 4 is 22.9 Å². The molecule has 0 bridgehead atoms. The second-order valence-corrected chi connectivity index (χ2v) is 8.61. The second-order valence-electron chi connectivity index (χ2n) is 8.61. The second kappa shape index (κ2) is 6.73. The fourth-order valence-corrected chi connectivity index (χ4v) is 5.99. The van der Waals surface area contributed by atoms with Gasteiger partial charge in [-0.05, 0) is 48.7 Å². The summed E-state index contributed by atoms with van der Waals surface area (Å²) in [5.74, 6) is 1.03. The van der Waals surface area contributed by atoms with Gasteiger partial charge in [-0.3, -0.25) is 0 Å². The molecule has 0 spiro atoms. The Hall–Kier alpha value is -3.07. The van der Waals surface area contributed by atoms with Crippen molar-refractivity contribution in [1.82, 2.24) is 4.98 Å². The molecular formula is C27H29N3. The van der Waals surface area contributed by atoms with Crippen LogP contribution in [0.25, 0.3) is 0 Å². The van der Waals surface area contributed by atoms with Crippen LogP contribution in [0.15, 0.2) is 85.6 Å². The van der Waals surface area contributed by atoms with E-state index in [4.69, 9.17) is 4.98 Å². The Bertz CT molecular complexity index is 1090. The van der Waals surface area contributed by atoms with Crippen LogP contribution in [0.2, 0.25) is 0 Å². The van der Waals surface area contributed by atoms with Crippen molar-refractivity contribution in [2.45, 2.75) is 45.2 Å². The van der Waals surface area contributed by atoms with Crippen LogP contribution in [0.5, 0.6) is 0 Å².